The largest absolute Gasteiger partial charge is 0.369 e. The summed E-state index contributed by atoms with van der Waals surface area (Å²) >= 11 is 0. The van der Waals surface area contributed by atoms with E-state index in [4.69, 9.17) is 4.74 Å². The van der Waals surface area contributed by atoms with Crippen LogP contribution in [0.5, 0.6) is 0 Å². The second kappa shape index (κ2) is 6.91. The fourth-order valence-electron chi connectivity index (χ4n) is 3.57. The molecular weight excluding hydrogens is 339 g/mol. The third-order valence-electron chi connectivity index (χ3n) is 4.75. The number of carbonyl (C=O) groups excluding carboxylic acids is 1. The third kappa shape index (κ3) is 3.34. The summed E-state index contributed by atoms with van der Waals surface area (Å²) in [5.41, 5.74) is -0.148. The van der Waals surface area contributed by atoms with Crippen molar-refractivity contribution in [1.82, 2.24) is 24.8 Å². The Morgan fingerprint density at radius 1 is 1.12 bits per heavy atom. The van der Waals surface area contributed by atoms with Crippen LogP contribution in [-0.2, 0) is 4.74 Å². The molecule has 2 aliphatic rings. The van der Waals surface area contributed by atoms with Gasteiger partial charge in [0.2, 0.25) is 5.95 Å². The van der Waals surface area contributed by atoms with E-state index in [1.165, 1.54) is 12.4 Å². The van der Waals surface area contributed by atoms with Crippen molar-refractivity contribution in [2.24, 2.45) is 0 Å². The summed E-state index contributed by atoms with van der Waals surface area (Å²) in [6, 6.07) is 0. The zero-order valence-corrected chi connectivity index (χ0v) is 14.2. The summed E-state index contributed by atoms with van der Waals surface area (Å²) in [5.74, 6) is -0.127. The molecule has 4 heterocycles. The second-order valence-electron chi connectivity index (χ2n) is 6.58. The molecular formula is C17H19FN6O2. The molecule has 0 saturated carbocycles. The number of morpholine rings is 1. The van der Waals surface area contributed by atoms with Crippen LogP contribution in [0.1, 0.15) is 23.3 Å². The smallest absolute Gasteiger partial charge is 0.274 e. The zero-order chi connectivity index (χ0) is 18.0. The molecule has 1 unspecified atom stereocenters. The maximum atomic E-state index is 13.1. The van der Waals surface area contributed by atoms with Crippen molar-refractivity contribution in [1.29, 1.82) is 0 Å². The van der Waals surface area contributed by atoms with Crippen molar-refractivity contribution in [3.05, 3.63) is 42.5 Å². The van der Waals surface area contributed by atoms with E-state index >= 15 is 0 Å². The van der Waals surface area contributed by atoms with Crippen molar-refractivity contribution in [2.45, 2.75) is 18.4 Å². The lowest BCUT2D eigenvalue weighted by atomic mass is 9.90. The van der Waals surface area contributed by atoms with Gasteiger partial charge in [0.05, 0.1) is 38.3 Å². The van der Waals surface area contributed by atoms with Gasteiger partial charge in [-0.3, -0.25) is 9.78 Å². The molecule has 9 heteroatoms. The van der Waals surface area contributed by atoms with Gasteiger partial charge in [-0.15, -0.1) is 0 Å². The number of rotatable bonds is 2. The quantitative estimate of drug-likeness (QED) is 0.789. The molecule has 0 bridgehead atoms. The molecule has 2 fully saturated rings. The van der Waals surface area contributed by atoms with Crippen LogP contribution in [0.4, 0.5) is 10.3 Å². The molecule has 4 rings (SSSR count). The maximum Gasteiger partial charge on any atom is 0.274 e. The summed E-state index contributed by atoms with van der Waals surface area (Å²) < 4.78 is 19.2. The molecule has 26 heavy (non-hydrogen) atoms. The van der Waals surface area contributed by atoms with Crippen molar-refractivity contribution in [3.63, 3.8) is 0 Å². The molecule has 2 aromatic rings. The predicted molar refractivity (Wildman–Crippen MR) is 90.1 cm³/mol. The second-order valence-corrected chi connectivity index (χ2v) is 6.58. The topological polar surface area (TPSA) is 84.3 Å². The average molecular weight is 358 g/mol. The van der Waals surface area contributed by atoms with Crippen LogP contribution >= 0.6 is 0 Å². The summed E-state index contributed by atoms with van der Waals surface area (Å²) in [4.78, 5) is 32.7. The van der Waals surface area contributed by atoms with Crippen molar-refractivity contribution < 1.29 is 13.9 Å². The van der Waals surface area contributed by atoms with E-state index in [0.717, 1.165) is 31.8 Å². The summed E-state index contributed by atoms with van der Waals surface area (Å²) in [5, 5.41) is 0. The van der Waals surface area contributed by atoms with Crippen LogP contribution in [-0.4, -0.2) is 69.1 Å². The molecule has 2 aliphatic heterocycles. The maximum absolute atomic E-state index is 13.1. The van der Waals surface area contributed by atoms with Crippen molar-refractivity contribution in [3.8, 4) is 0 Å². The highest BCUT2D eigenvalue weighted by Gasteiger charge is 2.42. The first kappa shape index (κ1) is 16.8. The van der Waals surface area contributed by atoms with Crippen LogP contribution < -0.4 is 4.90 Å². The molecule has 0 N–H and O–H groups in total. The van der Waals surface area contributed by atoms with Crippen LogP contribution in [0.3, 0.4) is 0 Å². The number of hydrogen-bond acceptors (Lipinski definition) is 7. The molecule has 0 aromatic carbocycles. The van der Waals surface area contributed by atoms with E-state index in [9.17, 15) is 9.18 Å². The summed E-state index contributed by atoms with van der Waals surface area (Å²) in [6.45, 7) is 2.78. The summed E-state index contributed by atoms with van der Waals surface area (Å²) in [7, 11) is 0. The Morgan fingerprint density at radius 2 is 1.96 bits per heavy atom. The standard InChI is InChI=1S/C17H19FN6O2/c18-13-8-21-16(22-9-13)24-5-1-2-17(12-24)11-23(6-7-26-17)15(25)14-10-19-3-4-20-14/h3-4,8-10H,1-2,5-7,11-12H2. The van der Waals surface area contributed by atoms with Gasteiger partial charge >= 0.3 is 0 Å². The fraction of sp³-hybridized carbons (Fsp3) is 0.471. The van der Waals surface area contributed by atoms with Gasteiger partial charge < -0.3 is 14.5 Å². The Morgan fingerprint density at radius 3 is 2.73 bits per heavy atom. The molecule has 2 aromatic heterocycles. The molecule has 1 amide bonds. The van der Waals surface area contributed by atoms with E-state index in [0.29, 0.717) is 37.9 Å². The first-order valence-corrected chi connectivity index (χ1v) is 8.57. The predicted octanol–water partition coefficient (Wildman–Crippen LogP) is 0.917. The fourth-order valence-corrected chi connectivity index (χ4v) is 3.57. The van der Waals surface area contributed by atoms with Crippen LogP contribution in [0.25, 0.3) is 0 Å². The van der Waals surface area contributed by atoms with Crippen LogP contribution in [0.2, 0.25) is 0 Å². The Hall–Kier alpha value is -2.68. The van der Waals surface area contributed by atoms with E-state index in [1.54, 1.807) is 11.1 Å². The minimum absolute atomic E-state index is 0.143. The SMILES string of the molecule is O=C(c1cnccn1)N1CCOC2(CCCN(c3ncc(F)cn3)C2)C1. The van der Waals surface area contributed by atoms with Gasteiger partial charge in [0.25, 0.3) is 5.91 Å². The molecule has 136 valence electrons. The highest BCUT2D eigenvalue weighted by Crippen LogP contribution is 2.30. The van der Waals surface area contributed by atoms with Crippen LogP contribution in [0.15, 0.2) is 31.0 Å². The highest BCUT2D eigenvalue weighted by molar-refractivity contribution is 5.92. The number of anilines is 1. The van der Waals surface area contributed by atoms with Crippen molar-refractivity contribution >= 4 is 11.9 Å². The van der Waals surface area contributed by atoms with Crippen LogP contribution in [0, 0.1) is 5.82 Å². The zero-order valence-electron chi connectivity index (χ0n) is 14.2. The Bertz CT molecular complexity index is 771. The van der Waals surface area contributed by atoms with E-state index in [2.05, 4.69) is 19.9 Å². The average Bonchev–Trinajstić information content (AvgIpc) is 2.69. The molecule has 0 radical (unpaired) electrons. The number of ether oxygens (including phenoxy) is 1. The number of carbonyl (C=O) groups is 1. The molecule has 2 saturated heterocycles. The minimum atomic E-state index is -0.480. The monoisotopic (exact) mass is 358 g/mol. The molecule has 1 spiro atoms. The number of piperidine rings is 1. The third-order valence-corrected chi connectivity index (χ3v) is 4.75. The van der Waals surface area contributed by atoms with Crippen molar-refractivity contribution in [2.75, 3.05) is 37.7 Å². The lowest BCUT2D eigenvalue weighted by molar-refractivity contribution is -0.105. The normalized spacial score (nSPS) is 23.3. The van der Waals surface area contributed by atoms with Gasteiger partial charge in [-0.2, -0.15) is 0 Å². The lowest BCUT2D eigenvalue weighted by Crippen LogP contribution is -2.61. The van der Waals surface area contributed by atoms with Gasteiger partial charge in [-0.1, -0.05) is 0 Å². The minimum Gasteiger partial charge on any atom is -0.369 e. The van der Waals surface area contributed by atoms with Gasteiger partial charge in [0.1, 0.15) is 11.3 Å². The number of aromatic nitrogens is 4. The van der Waals surface area contributed by atoms with Gasteiger partial charge in [0.15, 0.2) is 5.82 Å². The van der Waals surface area contributed by atoms with E-state index < -0.39 is 11.4 Å². The first-order chi connectivity index (χ1) is 12.7. The summed E-state index contributed by atoms with van der Waals surface area (Å²) in [6.07, 6.45) is 8.58. The lowest BCUT2D eigenvalue weighted by Gasteiger charge is -2.47. The van der Waals surface area contributed by atoms with Gasteiger partial charge in [0, 0.05) is 25.5 Å². The Labute approximate surface area is 150 Å². The van der Waals surface area contributed by atoms with E-state index in [1.807, 2.05) is 4.90 Å². The molecule has 1 atom stereocenters. The Kier molecular flexibility index (Phi) is 4.46. The number of hydrogen-bond donors (Lipinski definition) is 0. The van der Waals surface area contributed by atoms with Gasteiger partial charge in [-0.25, -0.2) is 19.3 Å². The number of amides is 1. The molecule has 8 nitrogen and oxygen atoms in total. The number of nitrogens with zero attached hydrogens (tertiary/aromatic N) is 6. The number of halogens is 1. The van der Waals surface area contributed by atoms with Gasteiger partial charge in [-0.05, 0) is 12.8 Å². The van der Waals surface area contributed by atoms with E-state index in [-0.39, 0.29) is 5.91 Å². The first-order valence-electron chi connectivity index (χ1n) is 8.57. The molecule has 0 aliphatic carbocycles. The Balaban J connectivity index is 1.50. The highest BCUT2D eigenvalue weighted by atomic mass is 19.1.